The maximum Gasteiger partial charge on any atom is 0.440 e. The summed E-state index contributed by atoms with van der Waals surface area (Å²) in [7, 11) is 0. The fourth-order valence-electron chi connectivity index (χ4n) is 1.93. The van der Waals surface area contributed by atoms with Crippen LogP contribution in [0.3, 0.4) is 0 Å². The fraction of sp³-hybridized carbons (Fsp3) is 0.769. The zero-order chi connectivity index (χ0) is 14.5. The van der Waals surface area contributed by atoms with Gasteiger partial charge in [0, 0.05) is 5.92 Å². The zero-order valence-corrected chi connectivity index (χ0v) is 10.7. The Labute approximate surface area is 110 Å². The van der Waals surface area contributed by atoms with E-state index >= 15 is 0 Å². The molecule has 108 valence electrons. The van der Waals surface area contributed by atoms with Crippen molar-refractivity contribution in [1.29, 1.82) is 0 Å². The minimum absolute atomic E-state index is 0.197. The summed E-state index contributed by atoms with van der Waals surface area (Å²) in [6.45, 7) is 1.12. The lowest BCUT2D eigenvalue weighted by atomic mass is 9.89. The van der Waals surface area contributed by atoms with Crippen molar-refractivity contribution in [3.05, 3.63) is 0 Å². The van der Waals surface area contributed by atoms with Crippen molar-refractivity contribution in [2.24, 2.45) is 5.92 Å². The molecule has 0 aromatic carbocycles. The van der Waals surface area contributed by atoms with E-state index in [9.17, 15) is 23.1 Å². The van der Waals surface area contributed by atoms with Crippen molar-refractivity contribution in [1.82, 2.24) is 0 Å². The van der Waals surface area contributed by atoms with Gasteiger partial charge in [-0.25, -0.2) is 4.79 Å². The summed E-state index contributed by atoms with van der Waals surface area (Å²) in [5.41, 5.74) is -3.72. The molecule has 0 aromatic heterocycles. The highest BCUT2D eigenvalue weighted by Crippen LogP contribution is 2.32. The first-order valence-corrected chi connectivity index (χ1v) is 6.30. The number of alkyl halides is 3. The molecular formula is C13H17F3O3. The normalized spacial score (nSPS) is 20.1. The summed E-state index contributed by atoms with van der Waals surface area (Å²) < 4.78 is 42.6. The minimum Gasteiger partial charge on any atom is -0.463 e. The monoisotopic (exact) mass is 278 g/mol. The Balaban J connectivity index is 2.92. The van der Waals surface area contributed by atoms with Crippen molar-refractivity contribution >= 4 is 5.97 Å². The van der Waals surface area contributed by atoms with E-state index in [1.165, 1.54) is 6.92 Å². The molecule has 0 spiro atoms. The number of hydrogen-bond acceptors (Lipinski definition) is 3. The molecule has 1 atom stereocenters. The van der Waals surface area contributed by atoms with Gasteiger partial charge in [0.2, 0.25) is 0 Å². The third-order valence-corrected chi connectivity index (χ3v) is 3.04. The van der Waals surface area contributed by atoms with Gasteiger partial charge in [-0.3, -0.25) is 0 Å². The van der Waals surface area contributed by atoms with Crippen molar-refractivity contribution < 1.29 is 27.8 Å². The smallest absolute Gasteiger partial charge is 0.440 e. The first-order valence-electron chi connectivity index (χ1n) is 6.30. The number of esters is 1. The van der Waals surface area contributed by atoms with Crippen molar-refractivity contribution in [2.75, 3.05) is 6.61 Å². The lowest BCUT2D eigenvalue weighted by molar-refractivity contribution is -0.242. The number of carbonyl (C=O) groups is 1. The average Bonchev–Trinajstić information content (AvgIpc) is 2.36. The number of carbonyl (C=O) groups excluding carboxylic acids is 1. The molecule has 1 N–H and O–H groups in total. The standard InChI is InChI=1S/C13H17F3O3/c1-2-19-11(17)12(18,13(14,15)16)9-8-10-6-4-3-5-7-10/h10,18H,2-7H2,1H3/t12-/m1/s1. The lowest BCUT2D eigenvalue weighted by Gasteiger charge is -2.23. The largest absolute Gasteiger partial charge is 0.463 e. The SMILES string of the molecule is CCOC(=O)[C@](O)(C#CC1CCCCC1)C(F)(F)F. The third-order valence-electron chi connectivity index (χ3n) is 3.04. The van der Waals surface area contributed by atoms with Crippen LogP contribution in [-0.2, 0) is 9.53 Å². The Morgan fingerprint density at radius 3 is 2.37 bits per heavy atom. The Kier molecular flexibility index (Phi) is 5.24. The van der Waals surface area contributed by atoms with Crippen LogP contribution in [0.1, 0.15) is 39.0 Å². The predicted octanol–water partition coefficient (Wildman–Crippen LogP) is 2.43. The third kappa shape index (κ3) is 3.87. The van der Waals surface area contributed by atoms with Crippen molar-refractivity contribution in [3.8, 4) is 11.8 Å². The number of aliphatic hydroxyl groups is 1. The number of ether oxygens (including phenoxy) is 1. The van der Waals surface area contributed by atoms with E-state index in [1.54, 1.807) is 5.92 Å². The average molecular weight is 278 g/mol. The van der Waals surface area contributed by atoms with Gasteiger partial charge in [0.1, 0.15) is 0 Å². The summed E-state index contributed by atoms with van der Waals surface area (Å²) in [5, 5.41) is 9.50. The molecule has 3 nitrogen and oxygen atoms in total. The Bertz CT molecular complexity index is 375. The molecule has 0 saturated heterocycles. The molecule has 0 radical (unpaired) electrons. The van der Waals surface area contributed by atoms with E-state index in [1.807, 2.05) is 0 Å². The number of halogens is 3. The van der Waals surface area contributed by atoms with Crippen LogP contribution < -0.4 is 0 Å². The van der Waals surface area contributed by atoms with E-state index in [-0.39, 0.29) is 12.5 Å². The van der Waals surface area contributed by atoms with Crippen LogP contribution in [0.4, 0.5) is 13.2 Å². The molecule has 1 aliphatic rings. The lowest BCUT2D eigenvalue weighted by Crippen LogP contribution is -2.52. The second kappa shape index (κ2) is 6.29. The summed E-state index contributed by atoms with van der Waals surface area (Å²) in [4.78, 5) is 11.3. The van der Waals surface area contributed by atoms with Gasteiger partial charge in [0.15, 0.2) is 0 Å². The molecule has 1 aliphatic carbocycles. The zero-order valence-electron chi connectivity index (χ0n) is 10.7. The van der Waals surface area contributed by atoms with Gasteiger partial charge in [-0.15, -0.1) is 0 Å². The van der Waals surface area contributed by atoms with Crippen molar-refractivity contribution in [3.63, 3.8) is 0 Å². The van der Waals surface area contributed by atoms with Gasteiger partial charge in [-0.1, -0.05) is 25.2 Å². The molecule has 0 bridgehead atoms. The summed E-state index contributed by atoms with van der Waals surface area (Å²) in [5.74, 6) is 2.13. The highest BCUT2D eigenvalue weighted by Gasteiger charge is 2.60. The molecule has 1 fully saturated rings. The quantitative estimate of drug-likeness (QED) is 0.623. The summed E-state index contributed by atoms with van der Waals surface area (Å²) in [6.07, 6.45) is -0.916. The maximum absolute atomic E-state index is 12.8. The van der Waals surface area contributed by atoms with E-state index < -0.39 is 17.7 Å². The highest BCUT2D eigenvalue weighted by atomic mass is 19.4. The van der Waals surface area contributed by atoms with Crippen LogP contribution in [-0.4, -0.2) is 29.5 Å². The maximum atomic E-state index is 12.8. The molecule has 0 heterocycles. The summed E-state index contributed by atoms with van der Waals surface area (Å²) in [6, 6.07) is 0. The minimum atomic E-state index is -5.17. The summed E-state index contributed by atoms with van der Waals surface area (Å²) >= 11 is 0. The second-order valence-corrected chi connectivity index (χ2v) is 4.53. The van der Waals surface area contributed by atoms with Crippen molar-refractivity contribution in [2.45, 2.75) is 50.8 Å². The molecule has 19 heavy (non-hydrogen) atoms. The van der Waals surface area contributed by atoms with Gasteiger partial charge in [-0.05, 0) is 25.7 Å². The van der Waals surface area contributed by atoms with Crippen LogP contribution in [0.25, 0.3) is 0 Å². The molecule has 0 unspecified atom stereocenters. The van der Waals surface area contributed by atoms with Gasteiger partial charge in [-0.2, -0.15) is 13.2 Å². The van der Waals surface area contributed by atoms with E-state index in [0.29, 0.717) is 12.8 Å². The van der Waals surface area contributed by atoms with Crippen LogP contribution in [0.5, 0.6) is 0 Å². The molecular weight excluding hydrogens is 261 g/mol. The van der Waals surface area contributed by atoms with Gasteiger partial charge in [0.25, 0.3) is 0 Å². The van der Waals surface area contributed by atoms with Gasteiger partial charge >= 0.3 is 17.7 Å². The van der Waals surface area contributed by atoms with Gasteiger partial charge < -0.3 is 9.84 Å². The molecule has 0 aromatic rings. The molecule has 6 heteroatoms. The fourth-order valence-corrected chi connectivity index (χ4v) is 1.93. The van der Waals surface area contributed by atoms with E-state index in [2.05, 4.69) is 10.7 Å². The van der Waals surface area contributed by atoms with Gasteiger partial charge in [0.05, 0.1) is 6.61 Å². The molecule has 1 saturated carbocycles. The first-order chi connectivity index (χ1) is 8.81. The van der Waals surface area contributed by atoms with Crippen LogP contribution in [0.15, 0.2) is 0 Å². The Hall–Kier alpha value is -1.22. The highest BCUT2D eigenvalue weighted by molar-refractivity contribution is 5.84. The van der Waals surface area contributed by atoms with Crippen LogP contribution >= 0.6 is 0 Å². The second-order valence-electron chi connectivity index (χ2n) is 4.53. The van der Waals surface area contributed by atoms with E-state index in [4.69, 9.17) is 0 Å². The van der Waals surface area contributed by atoms with E-state index in [0.717, 1.165) is 19.3 Å². The molecule has 1 rings (SSSR count). The Morgan fingerprint density at radius 2 is 1.89 bits per heavy atom. The predicted molar refractivity (Wildman–Crippen MR) is 62.0 cm³/mol. The molecule has 0 amide bonds. The molecule has 0 aliphatic heterocycles. The topological polar surface area (TPSA) is 46.5 Å². The van der Waals surface area contributed by atoms with Crippen LogP contribution in [0, 0.1) is 17.8 Å². The number of hydrogen-bond donors (Lipinski definition) is 1. The Morgan fingerprint density at radius 1 is 1.32 bits per heavy atom. The first kappa shape index (κ1) is 15.8. The van der Waals surface area contributed by atoms with Crippen LogP contribution in [0.2, 0.25) is 0 Å². The number of rotatable bonds is 2.